The molecule has 0 saturated carbocycles. The van der Waals surface area contributed by atoms with Crippen molar-refractivity contribution >= 4 is 33.1 Å². The average molecular weight is 343 g/mol. The van der Waals surface area contributed by atoms with Crippen LogP contribution in [0.5, 0.6) is 0 Å². The summed E-state index contributed by atoms with van der Waals surface area (Å²) in [7, 11) is -3.03. The van der Waals surface area contributed by atoms with Crippen molar-refractivity contribution in [3.8, 4) is 0 Å². The minimum atomic E-state index is -3.03. The molecule has 6 nitrogen and oxygen atoms in total. The Bertz CT molecular complexity index is 685. The molecule has 0 unspecified atom stereocenters. The summed E-state index contributed by atoms with van der Waals surface area (Å²) in [6, 6.07) is 1.47. The van der Waals surface area contributed by atoms with E-state index in [0.717, 1.165) is 19.3 Å². The maximum atomic E-state index is 11.9. The Morgan fingerprint density at radius 3 is 2.86 bits per heavy atom. The minimum Gasteiger partial charge on any atom is -0.451 e. The normalized spacial score (nSPS) is 22.3. The number of thiophene rings is 1. The van der Waals surface area contributed by atoms with E-state index in [9.17, 15) is 18.0 Å². The first kappa shape index (κ1) is 15.5. The Labute approximate surface area is 132 Å². The third-order valence-electron chi connectivity index (χ3n) is 3.88. The third-order valence-corrected chi connectivity index (χ3v) is 6.86. The highest BCUT2D eigenvalue weighted by molar-refractivity contribution is 7.91. The van der Waals surface area contributed by atoms with Crippen LogP contribution in [0.1, 0.15) is 33.0 Å². The Morgan fingerprint density at radius 2 is 2.18 bits per heavy atom. The summed E-state index contributed by atoms with van der Waals surface area (Å²) in [4.78, 5) is 25.4. The molecule has 0 radical (unpaired) electrons. The van der Waals surface area contributed by atoms with Crippen LogP contribution in [-0.2, 0) is 32.2 Å². The second-order valence-electron chi connectivity index (χ2n) is 5.66. The zero-order chi connectivity index (χ0) is 15.7. The fourth-order valence-electron chi connectivity index (χ4n) is 2.81. The number of rotatable bonds is 4. The molecule has 1 atom stereocenters. The number of carbonyl (C=O) groups is 2. The number of carbonyl (C=O) groups excluding carboxylic acids is 2. The molecular formula is C14H17NO5S2. The van der Waals surface area contributed by atoms with E-state index in [0.29, 0.717) is 11.3 Å². The van der Waals surface area contributed by atoms with Crippen LogP contribution in [0.4, 0.5) is 0 Å². The molecule has 1 aromatic rings. The molecule has 1 saturated heterocycles. The van der Waals surface area contributed by atoms with Gasteiger partial charge < -0.3 is 10.1 Å². The number of hydrogen-bond acceptors (Lipinski definition) is 6. The van der Waals surface area contributed by atoms with Crippen molar-refractivity contribution < 1.29 is 22.7 Å². The SMILES string of the molecule is O=C(COC(=O)c1cc2c(s1)CCC2)N[C@H]1CCS(=O)(=O)C1. The Balaban J connectivity index is 1.47. The number of hydrogen-bond donors (Lipinski definition) is 1. The van der Waals surface area contributed by atoms with Gasteiger partial charge in [0.1, 0.15) is 4.88 Å². The maximum absolute atomic E-state index is 11.9. The molecule has 0 spiro atoms. The lowest BCUT2D eigenvalue weighted by Crippen LogP contribution is -2.38. The van der Waals surface area contributed by atoms with Gasteiger partial charge in [0, 0.05) is 10.9 Å². The van der Waals surface area contributed by atoms with E-state index in [1.54, 1.807) is 0 Å². The first-order valence-corrected chi connectivity index (χ1v) is 9.85. The molecule has 3 rings (SSSR count). The Hall–Kier alpha value is -1.41. The summed E-state index contributed by atoms with van der Waals surface area (Å²) in [5.41, 5.74) is 1.21. The van der Waals surface area contributed by atoms with Crippen LogP contribution >= 0.6 is 11.3 Å². The van der Waals surface area contributed by atoms with Gasteiger partial charge in [-0.25, -0.2) is 13.2 Å². The van der Waals surface area contributed by atoms with E-state index in [4.69, 9.17) is 4.74 Å². The summed E-state index contributed by atoms with van der Waals surface area (Å²) < 4.78 is 27.6. The van der Waals surface area contributed by atoms with E-state index in [1.165, 1.54) is 21.8 Å². The monoisotopic (exact) mass is 343 g/mol. The van der Waals surface area contributed by atoms with E-state index in [2.05, 4.69) is 5.32 Å². The molecule has 120 valence electrons. The van der Waals surface area contributed by atoms with Gasteiger partial charge in [-0.2, -0.15) is 0 Å². The fourth-order valence-corrected chi connectivity index (χ4v) is 5.63. The van der Waals surface area contributed by atoms with Crippen molar-refractivity contribution in [3.63, 3.8) is 0 Å². The van der Waals surface area contributed by atoms with E-state index >= 15 is 0 Å². The number of amides is 1. The summed E-state index contributed by atoms with van der Waals surface area (Å²) in [6.07, 6.45) is 3.54. The highest BCUT2D eigenvalue weighted by Crippen LogP contribution is 2.30. The highest BCUT2D eigenvalue weighted by atomic mass is 32.2. The van der Waals surface area contributed by atoms with Crippen molar-refractivity contribution in [1.29, 1.82) is 0 Å². The van der Waals surface area contributed by atoms with Crippen LogP contribution in [0.15, 0.2) is 6.07 Å². The summed E-state index contributed by atoms with van der Waals surface area (Å²) >= 11 is 1.43. The number of esters is 1. The summed E-state index contributed by atoms with van der Waals surface area (Å²) in [6.45, 7) is -0.377. The van der Waals surface area contributed by atoms with Gasteiger partial charge in [0.05, 0.1) is 11.5 Å². The second-order valence-corrected chi connectivity index (χ2v) is 9.02. The standard InChI is InChI=1S/C14H17NO5S2/c16-13(15-10-4-5-22(18,19)8-10)7-20-14(17)12-6-9-2-1-3-11(9)21-12/h6,10H,1-5,7-8H2,(H,15,16)/t10-/m0/s1. The first-order chi connectivity index (χ1) is 10.4. The van der Waals surface area contributed by atoms with Crippen molar-refractivity contribution in [2.24, 2.45) is 0 Å². The molecule has 0 bridgehead atoms. The molecule has 1 amide bonds. The molecule has 1 N–H and O–H groups in total. The summed E-state index contributed by atoms with van der Waals surface area (Å²) in [5.74, 6) is -0.892. The van der Waals surface area contributed by atoms with Crippen LogP contribution in [0.3, 0.4) is 0 Å². The lowest BCUT2D eigenvalue weighted by Gasteiger charge is -2.10. The topological polar surface area (TPSA) is 89.5 Å². The molecule has 0 aromatic carbocycles. The predicted octanol–water partition coefficient (Wildman–Crippen LogP) is 0.697. The number of ether oxygens (including phenoxy) is 1. The fraction of sp³-hybridized carbons (Fsp3) is 0.571. The van der Waals surface area contributed by atoms with Crippen molar-refractivity contribution in [3.05, 3.63) is 21.4 Å². The van der Waals surface area contributed by atoms with Crippen LogP contribution < -0.4 is 5.32 Å². The lowest BCUT2D eigenvalue weighted by atomic mass is 10.2. The predicted molar refractivity (Wildman–Crippen MR) is 81.8 cm³/mol. The zero-order valence-corrected chi connectivity index (χ0v) is 13.6. The molecular weight excluding hydrogens is 326 g/mol. The number of aryl methyl sites for hydroxylation is 2. The largest absolute Gasteiger partial charge is 0.451 e. The molecule has 1 aromatic heterocycles. The van der Waals surface area contributed by atoms with Gasteiger partial charge in [0.25, 0.3) is 5.91 Å². The Kier molecular flexibility index (Phi) is 4.22. The van der Waals surface area contributed by atoms with Gasteiger partial charge in [0.15, 0.2) is 16.4 Å². The zero-order valence-electron chi connectivity index (χ0n) is 12.0. The number of fused-ring (bicyclic) bond motifs is 1. The van der Waals surface area contributed by atoms with Gasteiger partial charge in [-0.3, -0.25) is 4.79 Å². The molecule has 1 aliphatic heterocycles. The van der Waals surface area contributed by atoms with Crippen molar-refractivity contribution in [2.75, 3.05) is 18.1 Å². The molecule has 2 aliphatic rings. The first-order valence-electron chi connectivity index (χ1n) is 7.21. The van der Waals surface area contributed by atoms with E-state index < -0.39 is 21.7 Å². The van der Waals surface area contributed by atoms with Gasteiger partial charge in [-0.1, -0.05) is 0 Å². The number of sulfone groups is 1. The average Bonchev–Trinajstić information content (AvgIpc) is 3.10. The van der Waals surface area contributed by atoms with Crippen LogP contribution in [0.2, 0.25) is 0 Å². The minimum absolute atomic E-state index is 0.0374. The Morgan fingerprint density at radius 1 is 1.36 bits per heavy atom. The molecule has 1 fully saturated rings. The third kappa shape index (κ3) is 3.49. The molecule has 1 aliphatic carbocycles. The maximum Gasteiger partial charge on any atom is 0.348 e. The molecule has 8 heteroatoms. The molecule has 2 heterocycles. The van der Waals surface area contributed by atoms with Crippen molar-refractivity contribution in [1.82, 2.24) is 5.32 Å². The molecule has 22 heavy (non-hydrogen) atoms. The van der Waals surface area contributed by atoms with Gasteiger partial charge in [-0.05, 0) is 37.3 Å². The lowest BCUT2D eigenvalue weighted by molar-refractivity contribution is -0.124. The van der Waals surface area contributed by atoms with E-state index in [1.807, 2.05) is 6.07 Å². The van der Waals surface area contributed by atoms with Gasteiger partial charge >= 0.3 is 5.97 Å². The van der Waals surface area contributed by atoms with Gasteiger partial charge in [0.2, 0.25) is 0 Å². The quantitative estimate of drug-likeness (QED) is 0.813. The smallest absolute Gasteiger partial charge is 0.348 e. The van der Waals surface area contributed by atoms with E-state index in [-0.39, 0.29) is 24.2 Å². The van der Waals surface area contributed by atoms with Gasteiger partial charge in [-0.15, -0.1) is 11.3 Å². The van der Waals surface area contributed by atoms with Crippen LogP contribution in [0, 0.1) is 0 Å². The number of nitrogens with one attached hydrogen (secondary N) is 1. The van der Waals surface area contributed by atoms with Crippen LogP contribution in [-0.4, -0.2) is 44.4 Å². The van der Waals surface area contributed by atoms with Crippen LogP contribution in [0.25, 0.3) is 0 Å². The van der Waals surface area contributed by atoms with Crippen molar-refractivity contribution in [2.45, 2.75) is 31.7 Å². The second kappa shape index (κ2) is 6.00. The highest BCUT2D eigenvalue weighted by Gasteiger charge is 2.29. The summed E-state index contributed by atoms with van der Waals surface area (Å²) in [5, 5.41) is 2.59.